The van der Waals surface area contributed by atoms with Crippen LogP contribution >= 0.6 is 62.2 Å². The van der Waals surface area contributed by atoms with Crippen molar-refractivity contribution in [3.05, 3.63) is 109 Å². The Bertz CT molecular complexity index is 1590. The predicted octanol–water partition coefficient (Wildman–Crippen LogP) is 8.09. The normalized spacial score (nSPS) is 16.7. The molecular weight excluding hydrogens is 641 g/mol. The van der Waals surface area contributed by atoms with Crippen LogP contribution in [0, 0.1) is 0 Å². The van der Waals surface area contributed by atoms with Crippen molar-refractivity contribution in [3.8, 4) is 0 Å². The topological polar surface area (TPSA) is 83.4 Å². The molecule has 5 rings (SSSR count). The Balaban J connectivity index is 1.53. The van der Waals surface area contributed by atoms with Crippen molar-refractivity contribution in [1.29, 1.82) is 0 Å². The molecule has 1 unspecified atom stereocenters. The van der Waals surface area contributed by atoms with Crippen LogP contribution in [0.4, 0.5) is 5.13 Å². The zero-order valence-electron chi connectivity index (χ0n) is 20.4. The molecule has 1 fully saturated rings. The Labute approximate surface area is 251 Å². The molecule has 6 nitrogen and oxygen atoms in total. The van der Waals surface area contributed by atoms with E-state index in [1.165, 1.54) is 28.0 Å². The number of hydrogen-bond donors (Lipinski definition) is 1. The second-order valence-corrected chi connectivity index (χ2v) is 12.6. The van der Waals surface area contributed by atoms with E-state index in [1.54, 1.807) is 36.4 Å². The Kier molecular flexibility index (Phi) is 8.44. The van der Waals surface area contributed by atoms with Crippen molar-refractivity contribution in [3.63, 3.8) is 0 Å². The number of nitrogens with zero attached hydrogens (tertiary/aromatic N) is 3. The summed E-state index contributed by atoms with van der Waals surface area (Å²) < 4.78 is 1.43. The van der Waals surface area contributed by atoms with Crippen LogP contribution in [0.2, 0.25) is 10.0 Å². The smallest absolute Gasteiger partial charge is 0.301 e. The van der Waals surface area contributed by atoms with Crippen molar-refractivity contribution >= 4 is 84.8 Å². The number of carbonyl (C=O) groups is 2. The molecule has 1 atom stereocenters. The summed E-state index contributed by atoms with van der Waals surface area (Å²) in [7, 11) is 0. The lowest BCUT2D eigenvalue weighted by Crippen LogP contribution is -2.29. The number of aromatic nitrogens is 2. The summed E-state index contributed by atoms with van der Waals surface area (Å²) in [6.07, 6.45) is 0.841. The number of rotatable bonds is 7. The van der Waals surface area contributed by atoms with E-state index in [4.69, 9.17) is 23.2 Å². The van der Waals surface area contributed by atoms with Crippen LogP contribution < -0.4 is 4.90 Å². The molecule has 39 heavy (non-hydrogen) atoms. The van der Waals surface area contributed by atoms with Crippen molar-refractivity contribution in [2.24, 2.45) is 0 Å². The van der Waals surface area contributed by atoms with E-state index in [1.807, 2.05) is 37.3 Å². The third-order valence-electron chi connectivity index (χ3n) is 6.23. The average molecular weight is 661 g/mol. The lowest BCUT2D eigenvalue weighted by Gasteiger charge is -2.22. The minimum absolute atomic E-state index is 0.00363. The summed E-state index contributed by atoms with van der Waals surface area (Å²) in [5.74, 6) is -1.28. The van der Waals surface area contributed by atoms with Gasteiger partial charge in [-0.2, -0.15) is 0 Å². The first kappa shape index (κ1) is 27.9. The largest absolute Gasteiger partial charge is 0.507 e. The SMILES string of the molecule is CCc1ccc(C2/C(=C(/O)c3ccc(Br)cc3)C(=O)C(=O)N2c2nnc(SCc3ccc(Cl)cc3Cl)s2)cc1. The second kappa shape index (κ2) is 11.8. The molecule has 0 saturated carbocycles. The summed E-state index contributed by atoms with van der Waals surface area (Å²) in [6, 6.07) is 19.0. The van der Waals surface area contributed by atoms with Gasteiger partial charge in [0.25, 0.3) is 5.78 Å². The number of hydrogen-bond acceptors (Lipinski definition) is 7. The van der Waals surface area contributed by atoms with E-state index in [-0.39, 0.29) is 16.5 Å². The van der Waals surface area contributed by atoms with Crippen LogP contribution in [0.3, 0.4) is 0 Å². The summed E-state index contributed by atoms with van der Waals surface area (Å²) in [5.41, 5.74) is 3.11. The van der Waals surface area contributed by atoms with Crippen LogP contribution in [-0.4, -0.2) is 27.0 Å². The standard InChI is InChI=1S/C28H20BrCl2N3O3S2/c1-2-15-3-5-16(6-4-15)23-22(24(35)17-7-10-19(29)11-8-17)25(36)26(37)34(23)27-32-33-28(39-27)38-14-18-9-12-20(30)13-21(18)31/h3-13,23,35H,2,14H2,1H3/b24-22-. The van der Waals surface area contributed by atoms with E-state index in [0.717, 1.165) is 22.0 Å². The van der Waals surface area contributed by atoms with Gasteiger partial charge in [-0.15, -0.1) is 10.2 Å². The number of benzene rings is 3. The minimum atomic E-state index is -0.865. The van der Waals surface area contributed by atoms with Crippen molar-refractivity contribution < 1.29 is 14.7 Å². The molecule has 1 N–H and O–H groups in total. The number of carbonyl (C=O) groups excluding carboxylic acids is 2. The Morgan fingerprint density at radius 2 is 1.77 bits per heavy atom. The third-order valence-corrected chi connectivity index (χ3v) is 9.45. The molecule has 4 aromatic rings. The molecule has 0 bridgehead atoms. The van der Waals surface area contributed by atoms with Crippen molar-refractivity contribution in [2.45, 2.75) is 29.5 Å². The fourth-order valence-electron chi connectivity index (χ4n) is 4.18. The zero-order chi connectivity index (χ0) is 27.7. The van der Waals surface area contributed by atoms with Crippen LogP contribution in [0.15, 0.2) is 81.1 Å². The maximum Gasteiger partial charge on any atom is 0.301 e. The predicted molar refractivity (Wildman–Crippen MR) is 161 cm³/mol. The van der Waals surface area contributed by atoms with E-state index in [2.05, 4.69) is 26.1 Å². The highest BCUT2D eigenvalue weighted by molar-refractivity contribution is 9.10. The van der Waals surface area contributed by atoms with Gasteiger partial charge in [0, 0.05) is 25.8 Å². The number of anilines is 1. The van der Waals surface area contributed by atoms with Crippen LogP contribution in [0.25, 0.3) is 5.76 Å². The molecule has 11 heteroatoms. The number of aliphatic hydroxyl groups excluding tert-OH is 1. The number of Topliss-reactive ketones (excluding diaryl/α,β-unsaturated/α-hetero) is 1. The van der Waals surface area contributed by atoms with Gasteiger partial charge < -0.3 is 5.11 Å². The highest BCUT2D eigenvalue weighted by Crippen LogP contribution is 2.44. The van der Waals surface area contributed by atoms with Gasteiger partial charge in [-0.05, 0) is 47.4 Å². The lowest BCUT2D eigenvalue weighted by molar-refractivity contribution is -0.132. The number of halogens is 3. The molecule has 1 aliphatic rings. The van der Waals surface area contributed by atoms with E-state index < -0.39 is 17.7 Å². The Morgan fingerprint density at radius 3 is 2.44 bits per heavy atom. The maximum atomic E-state index is 13.4. The molecule has 1 aromatic heterocycles. The van der Waals surface area contributed by atoms with Gasteiger partial charge in [-0.3, -0.25) is 14.5 Å². The Morgan fingerprint density at radius 1 is 1.05 bits per heavy atom. The van der Waals surface area contributed by atoms with Crippen molar-refractivity contribution in [1.82, 2.24) is 10.2 Å². The monoisotopic (exact) mass is 659 g/mol. The van der Waals surface area contributed by atoms with Crippen molar-refractivity contribution in [2.75, 3.05) is 4.90 Å². The van der Waals surface area contributed by atoms with Crippen LogP contribution in [0.1, 0.15) is 35.2 Å². The first-order valence-corrected chi connectivity index (χ1v) is 15.2. The molecule has 1 aliphatic heterocycles. The minimum Gasteiger partial charge on any atom is -0.507 e. The van der Waals surface area contributed by atoms with Gasteiger partial charge in [0.15, 0.2) is 4.34 Å². The molecule has 2 heterocycles. The highest BCUT2D eigenvalue weighted by atomic mass is 79.9. The second-order valence-electron chi connectivity index (χ2n) is 8.65. The van der Waals surface area contributed by atoms with Gasteiger partial charge in [0.05, 0.1) is 11.6 Å². The molecule has 0 aliphatic carbocycles. The molecule has 198 valence electrons. The van der Waals surface area contributed by atoms with E-state index >= 15 is 0 Å². The lowest BCUT2D eigenvalue weighted by atomic mass is 9.94. The fraction of sp³-hybridized carbons (Fsp3) is 0.143. The molecule has 0 spiro atoms. The molecule has 1 amide bonds. The van der Waals surface area contributed by atoms with Gasteiger partial charge in [-0.25, -0.2) is 0 Å². The average Bonchev–Trinajstić information content (AvgIpc) is 3.50. The Hall–Kier alpha value is -2.69. The molecule has 1 saturated heterocycles. The van der Waals surface area contributed by atoms with Crippen LogP contribution in [0.5, 0.6) is 0 Å². The maximum absolute atomic E-state index is 13.4. The number of amides is 1. The first-order valence-electron chi connectivity index (χ1n) is 11.8. The number of thioether (sulfide) groups is 1. The zero-order valence-corrected chi connectivity index (χ0v) is 25.1. The summed E-state index contributed by atoms with van der Waals surface area (Å²) in [6.45, 7) is 2.05. The quantitative estimate of drug-likeness (QED) is 0.0709. The first-order chi connectivity index (χ1) is 18.8. The van der Waals surface area contributed by atoms with Gasteiger partial charge in [0.2, 0.25) is 5.13 Å². The van der Waals surface area contributed by atoms with Gasteiger partial charge in [-0.1, -0.05) is 112 Å². The van der Waals surface area contributed by atoms with Crippen LogP contribution in [-0.2, 0) is 21.8 Å². The van der Waals surface area contributed by atoms with E-state index in [9.17, 15) is 14.7 Å². The summed E-state index contributed by atoms with van der Waals surface area (Å²) in [4.78, 5) is 28.1. The summed E-state index contributed by atoms with van der Waals surface area (Å²) in [5, 5.41) is 21.1. The highest BCUT2D eigenvalue weighted by Gasteiger charge is 2.48. The fourth-order valence-corrected chi connectivity index (χ4v) is 6.87. The number of aryl methyl sites for hydroxylation is 1. The molecular formula is C28H20BrCl2N3O3S2. The molecule has 3 aromatic carbocycles. The van der Waals surface area contributed by atoms with Gasteiger partial charge >= 0.3 is 5.91 Å². The number of ketones is 1. The van der Waals surface area contributed by atoms with Gasteiger partial charge in [0.1, 0.15) is 5.76 Å². The van der Waals surface area contributed by atoms with E-state index in [0.29, 0.717) is 31.3 Å². The third kappa shape index (κ3) is 5.78. The molecule has 0 radical (unpaired) electrons. The summed E-state index contributed by atoms with van der Waals surface area (Å²) >= 11 is 18.3. The number of aliphatic hydroxyl groups is 1.